The second kappa shape index (κ2) is 13.6. The molecule has 0 spiro atoms. The summed E-state index contributed by atoms with van der Waals surface area (Å²) in [7, 11) is 0. The van der Waals surface area contributed by atoms with Crippen LogP contribution >= 0.6 is 0 Å². The Morgan fingerprint density at radius 1 is 0.345 bits per heavy atom. The third kappa shape index (κ3) is 5.55. The van der Waals surface area contributed by atoms with Crippen molar-refractivity contribution in [2.24, 2.45) is 0 Å². The molecule has 0 atom stereocenters. The maximum absolute atomic E-state index is 7.32. The molecule has 0 radical (unpaired) electrons. The monoisotopic (exact) mass is 739 g/mol. The van der Waals surface area contributed by atoms with Gasteiger partial charge in [0.25, 0.3) is 0 Å². The van der Waals surface area contributed by atoms with Crippen molar-refractivity contribution >= 4 is 49.3 Å². The van der Waals surface area contributed by atoms with Crippen LogP contribution in [0.2, 0.25) is 0 Å². The number of hydrogen-bond donors (Lipinski definition) is 0. The van der Waals surface area contributed by atoms with Gasteiger partial charge in [0.2, 0.25) is 5.95 Å². The quantitative estimate of drug-likeness (QED) is 0.159. The summed E-state index contributed by atoms with van der Waals surface area (Å²) in [6.07, 6.45) is 0. The van der Waals surface area contributed by atoms with Crippen molar-refractivity contribution in [1.29, 1.82) is 0 Å². The molecule has 0 aliphatic carbocycles. The van der Waals surface area contributed by atoms with Gasteiger partial charge in [-0.1, -0.05) is 152 Å². The van der Waals surface area contributed by atoms with Gasteiger partial charge in [-0.3, -0.25) is 4.57 Å². The van der Waals surface area contributed by atoms with Crippen LogP contribution in [-0.4, -0.2) is 19.1 Å². The zero-order valence-corrected chi connectivity index (χ0v) is 31.3. The van der Waals surface area contributed by atoms with Crippen molar-refractivity contribution in [3.05, 3.63) is 212 Å². The van der Waals surface area contributed by atoms with Crippen LogP contribution in [0.25, 0.3) is 105 Å². The van der Waals surface area contributed by atoms with E-state index in [1.807, 2.05) is 42.5 Å². The summed E-state index contributed by atoms with van der Waals surface area (Å²) < 4.78 is 4.57. The van der Waals surface area contributed by atoms with E-state index in [0.29, 0.717) is 11.6 Å². The highest BCUT2D eigenvalue weighted by Gasteiger charge is 2.19. The van der Waals surface area contributed by atoms with E-state index in [2.05, 4.69) is 172 Å². The maximum Gasteiger partial charge on any atom is 0.235 e. The second-order valence-corrected chi connectivity index (χ2v) is 14.5. The molecule has 0 unspecified atom stereocenters. The highest BCUT2D eigenvalue weighted by Crippen LogP contribution is 2.38. The van der Waals surface area contributed by atoms with E-state index in [1.54, 1.807) is 0 Å². The van der Waals surface area contributed by atoms with Gasteiger partial charge in [0, 0.05) is 38.4 Å². The molecule has 270 valence electrons. The van der Waals surface area contributed by atoms with Gasteiger partial charge in [-0.15, -0.1) is 0 Å². The number of benzene rings is 8. The summed E-state index contributed by atoms with van der Waals surface area (Å²) in [6, 6.07) is 69.9. The Kier molecular flexibility index (Phi) is 7.80. The SMILES string of the molecule is [C-]#[N+]c1ccc(-c2ccc(-c3cc(-c4ccccc4)nc(-n4c5ccccc5c5ccc(-c6ccc7c(c6)c6ccccc6n7-c6ccccc6)cc54)n3)cc2)cc1. The molecular weight excluding hydrogens is 707 g/mol. The molecule has 5 nitrogen and oxygen atoms in total. The fraction of sp³-hybridized carbons (Fsp3) is 0. The first-order chi connectivity index (χ1) is 28.7. The molecule has 3 aromatic heterocycles. The second-order valence-electron chi connectivity index (χ2n) is 14.5. The lowest BCUT2D eigenvalue weighted by atomic mass is 10.0. The van der Waals surface area contributed by atoms with Crippen LogP contribution in [0.5, 0.6) is 0 Å². The molecular formula is C53H33N5. The molecule has 11 rings (SSSR count). The highest BCUT2D eigenvalue weighted by atomic mass is 15.2. The van der Waals surface area contributed by atoms with Gasteiger partial charge in [0.1, 0.15) is 0 Å². The van der Waals surface area contributed by atoms with Gasteiger partial charge in [-0.2, -0.15) is 0 Å². The molecule has 0 bridgehead atoms. The fourth-order valence-electron chi connectivity index (χ4n) is 8.37. The lowest BCUT2D eigenvalue weighted by molar-refractivity contribution is 0.996. The lowest BCUT2D eigenvalue weighted by Crippen LogP contribution is -2.04. The minimum Gasteiger partial charge on any atom is -0.309 e. The summed E-state index contributed by atoms with van der Waals surface area (Å²) in [5.41, 5.74) is 14.3. The molecule has 0 aliphatic heterocycles. The Morgan fingerprint density at radius 2 is 0.828 bits per heavy atom. The lowest BCUT2D eigenvalue weighted by Gasteiger charge is -2.13. The molecule has 8 aromatic carbocycles. The number of rotatable bonds is 6. The van der Waals surface area contributed by atoms with Gasteiger partial charge >= 0.3 is 0 Å². The highest BCUT2D eigenvalue weighted by molar-refractivity contribution is 6.12. The molecule has 0 aliphatic rings. The number of fused-ring (bicyclic) bond motifs is 6. The molecule has 0 N–H and O–H groups in total. The summed E-state index contributed by atoms with van der Waals surface area (Å²) >= 11 is 0. The predicted molar refractivity (Wildman–Crippen MR) is 239 cm³/mol. The molecule has 0 fully saturated rings. The van der Waals surface area contributed by atoms with E-state index in [1.165, 1.54) is 21.8 Å². The maximum atomic E-state index is 7.32. The van der Waals surface area contributed by atoms with Gasteiger partial charge in [-0.25, -0.2) is 14.8 Å². The Hall–Kier alpha value is -8.07. The first-order valence-corrected chi connectivity index (χ1v) is 19.4. The predicted octanol–water partition coefficient (Wildman–Crippen LogP) is 13.9. The van der Waals surface area contributed by atoms with Crippen LogP contribution in [0.3, 0.4) is 0 Å². The number of hydrogen-bond acceptors (Lipinski definition) is 2. The van der Waals surface area contributed by atoms with Gasteiger partial charge in [0.05, 0.1) is 40.0 Å². The van der Waals surface area contributed by atoms with Crippen molar-refractivity contribution in [1.82, 2.24) is 19.1 Å². The minimum atomic E-state index is 0.611. The van der Waals surface area contributed by atoms with Gasteiger partial charge < -0.3 is 4.57 Å². The van der Waals surface area contributed by atoms with Crippen molar-refractivity contribution in [2.75, 3.05) is 0 Å². The first kappa shape index (κ1) is 33.3. The van der Waals surface area contributed by atoms with Crippen LogP contribution in [0, 0.1) is 6.57 Å². The summed E-state index contributed by atoms with van der Waals surface area (Å²) in [5, 5.41) is 4.73. The molecule has 0 saturated carbocycles. The van der Waals surface area contributed by atoms with Crippen molar-refractivity contribution in [3.8, 4) is 56.4 Å². The van der Waals surface area contributed by atoms with E-state index in [-0.39, 0.29) is 0 Å². The van der Waals surface area contributed by atoms with Crippen molar-refractivity contribution in [3.63, 3.8) is 0 Å². The van der Waals surface area contributed by atoms with Crippen LogP contribution < -0.4 is 0 Å². The van der Waals surface area contributed by atoms with Crippen LogP contribution in [-0.2, 0) is 0 Å². The number of para-hydroxylation sites is 3. The zero-order valence-electron chi connectivity index (χ0n) is 31.3. The van der Waals surface area contributed by atoms with E-state index in [9.17, 15) is 0 Å². The Balaban J connectivity index is 1.09. The molecule has 5 heteroatoms. The first-order valence-electron chi connectivity index (χ1n) is 19.4. The molecule has 0 amide bonds. The van der Waals surface area contributed by atoms with Gasteiger partial charge in [-0.05, 0) is 70.8 Å². The Bertz CT molecular complexity index is 3370. The topological polar surface area (TPSA) is 40.0 Å². The average Bonchev–Trinajstić information content (AvgIpc) is 3.82. The largest absolute Gasteiger partial charge is 0.309 e. The average molecular weight is 740 g/mol. The zero-order chi connectivity index (χ0) is 38.6. The Morgan fingerprint density at radius 3 is 1.52 bits per heavy atom. The molecule has 3 heterocycles. The van der Waals surface area contributed by atoms with Crippen LogP contribution in [0.4, 0.5) is 5.69 Å². The van der Waals surface area contributed by atoms with E-state index in [0.717, 1.165) is 72.3 Å². The smallest absolute Gasteiger partial charge is 0.235 e. The number of nitrogens with zero attached hydrogens (tertiary/aromatic N) is 5. The third-order valence-corrected chi connectivity index (χ3v) is 11.2. The molecule has 11 aromatic rings. The van der Waals surface area contributed by atoms with Crippen molar-refractivity contribution in [2.45, 2.75) is 0 Å². The molecule has 58 heavy (non-hydrogen) atoms. The minimum absolute atomic E-state index is 0.611. The third-order valence-electron chi connectivity index (χ3n) is 11.2. The molecule has 0 saturated heterocycles. The van der Waals surface area contributed by atoms with Crippen molar-refractivity contribution < 1.29 is 0 Å². The fourth-order valence-corrected chi connectivity index (χ4v) is 8.37. The van der Waals surface area contributed by atoms with Gasteiger partial charge in [0.15, 0.2) is 5.69 Å². The van der Waals surface area contributed by atoms with E-state index in [4.69, 9.17) is 16.5 Å². The van der Waals surface area contributed by atoms with E-state index < -0.39 is 0 Å². The van der Waals surface area contributed by atoms with E-state index >= 15 is 0 Å². The summed E-state index contributed by atoms with van der Waals surface area (Å²) in [5.74, 6) is 0.611. The standard InChI is InChI=1S/C53H33N5/c1-54-41-28-24-36(25-29-41)35-20-22-38(23-21-35)48-34-47(37-12-4-2-5-13-37)55-53(56-48)58-50-19-11-8-16-43(50)45-30-26-40(33-52(45)58)39-27-31-51-46(32-39)44-17-9-10-18-49(44)57(51)42-14-6-3-7-15-42/h2-34H. The van der Waals surface area contributed by atoms with Crippen LogP contribution in [0.1, 0.15) is 0 Å². The van der Waals surface area contributed by atoms with Crippen LogP contribution in [0.15, 0.2) is 200 Å². The Labute approximate surface area is 335 Å². The normalized spacial score (nSPS) is 11.4. The summed E-state index contributed by atoms with van der Waals surface area (Å²) in [4.78, 5) is 14.2. The number of aromatic nitrogens is 4. The summed E-state index contributed by atoms with van der Waals surface area (Å²) in [6.45, 7) is 7.32.